The van der Waals surface area contributed by atoms with E-state index >= 15 is 0 Å². The van der Waals surface area contributed by atoms with E-state index in [1.165, 1.54) is 11.1 Å². The van der Waals surface area contributed by atoms with Crippen molar-refractivity contribution >= 4 is 11.4 Å². The highest BCUT2D eigenvalue weighted by molar-refractivity contribution is 5.72. The molecule has 0 aromatic heterocycles. The number of aryl methyl sites for hydroxylation is 2. The first-order chi connectivity index (χ1) is 8.01. The van der Waals surface area contributed by atoms with Crippen LogP contribution >= 0.6 is 0 Å². The first kappa shape index (κ1) is 13.8. The molecule has 1 aromatic rings. The lowest BCUT2D eigenvalue weighted by molar-refractivity contribution is 0.423. The van der Waals surface area contributed by atoms with Gasteiger partial charge in [-0.1, -0.05) is 19.9 Å². The van der Waals surface area contributed by atoms with E-state index in [2.05, 4.69) is 26.8 Å². The van der Waals surface area contributed by atoms with Crippen molar-refractivity contribution in [3.63, 3.8) is 0 Å². The van der Waals surface area contributed by atoms with Crippen molar-refractivity contribution in [2.45, 2.75) is 46.6 Å². The van der Waals surface area contributed by atoms with Crippen LogP contribution in [0.1, 0.15) is 37.5 Å². The van der Waals surface area contributed by atoms with Gasteiger partial charge >= 0.3 is 0 Å². The summed E-state index contributed by atoms with van der Waals surface area (Å²) in [4.78, 5) is 0. The Bertz CT molecular complexity index is 384. The number of hydrogen-bond donors (Lipinski definition) is 2. The van der Waals surface area contributed by atoms with Gasteiger partial charge in [0, 0.05) is 0 Å². The van der Waals surface area contributed by atoms with Crippen molar-refractivity contribution in [1.29, 1.82) is 0 Å². The van der Waals surface area contributed by atoms with Gasteiger partial charge in [-0.05, 0) is 43.4 Å². The monoisotopic (exact) mass is 236 g/mol. The number of rotatable bonds is 2. The van der Waals surface area contributed by atoms with Gasteiger partial charge in [-0.2, -0.15) is 0 Å². The molecule has 2 rings (SSSR count). The highest BCUT2D eigenvalue weighted by Gasteiger charge is 2.13. The Balaban J connectivity index is 0.000000302. The minimum absolute atomic E-state index is 0.583. The number of nitrogen functional groups attached to an aromatic ring is 2. The molecule has 3 heteroatoms. The largest absolute Gasteiger partial charge is 0.397 e. The van der Waals surface area contributed by atoms with Crippen molar-refractivity contribution in [2.24, 2.45) is 0 Å². The van der Waals surface area contributed by atoms with Crippen LogP contribution in [0.15, 0.2) is 6.07 Å². The van der Waals surface area contributed by atoms with Gasteiger partial charge in [-0.3, -0.25) is 0 Å². The molecule has 0 radical (unpaired) electrons. The average molecular weight is 236 g/mol. The third-order valence-electron chi connectivity index (χ3n) is 3.05. The summed E-state index contributed by atoms with van der Waals surface area (Å²) in [6, 6.07) is 2.14. The van der Waals surface area contributed by atoms with Crippen LogP contribution in [0.3, 0.4) is 0 Å². The maximum absolute atomic E-state index is 5.95. The van der Waals surface area contributed by atoms with Gasteiger partial charge in [-0.15, -0.1) is 0 Å². The number of ether oxygens (including phenoxy) is 1. The predicted molar refractivity (Wildman–Crippen MR) is 74.2 cm³/mol. The first-order valence-corrected chi connectivity index (χ1v) is 6.29. The van der Waals surface area contributed by atoms with E-state index in [-0.39, 0.29) is 0 Å². The van der Waals surface area contributed by atoms with Crippen LogP contribution in [0.5, 0.6) is 0 Å². The fraction of sp³-hybridized carbons (Fsp3) is 0.571. The molecule has 96 valence electrons. The molecule has 1 fully saturated rings. The number of benzene rings is 1. The molecular formula is C14H24N2O. The summed E-state index contributed by atoms with van der Waals surface area (Å²) >= 11 is 0. The summed E-state index contributed by atoms with van der Waals surface area (Å²) in [7, 11) is 0. The lowest BCUT2D eigenvalue weighted by Gasteiger charge is -2.14. The van der Waals surface area contributed by atoms with Crippen molar-refractivity contribution < 1.29 is 4.74 Å². The summed E-state index contributed by atoms with van der Waals surface area (Å²) in [5.74, 6) is 0. The Morgan fingerprint density at radius 1 is 1.24 bits per heavy atom. The standard InChI is InChI=1S/C11H18N2.C3H6O/c1-4-8-6-7(3)10(12)11(13)9(8)5-2;1-3-2-4-3/h6H,4-5,12-13H2,1-3H3;3H,2H2,1H3. The summed E-state index contributed by atoms with van der Waals surface area (Å²) < 4.78 is 4.71. The lowest BCUT2D eigenvalue weighted by Crippen LogP contribution is -2.05. The second kappa shape index (κ2) is 5.92. The molecule has 0 saturated carbocycles. The first-order valence-electron chi connectivity index (χ1n) is 6.29. The molecule has 0 bridgehead atoms. The highest BCUT2D eigenvalue weighted by Crippen LogP contribution is 2.28. The minimum Gasteiger partial charge on any atom is -0.397 e. The second-order valence-corrected chi connectivity index (χ2v) is 4.51. The van der Waals surface area contributed by atoms with E-state index in [1.54, 1.807) is 0 Å². The van der Waals surface area contributed by atoms with Crippen LogP contribution in [0, 0.1) is 6.92 Å². The quantitative estimate of drug-likeness (QED) is 0.613. The molecule has 0 amide bonds. The van der Waals surface area contributed by atoms with E-state index in [9.17, 15) is 0 Å². The predicted octanol–water partition coefficient (Wildman–Crippen LogP) is 2.69. The van der Waals surface area contributed by atoms with Gasteiger partial charge in [0.2, 0.25) is 0 Å². The van der Waals surface area contributed by atoms with E-state index < -0.39 is 0 Å². The zero-order chi connectivity index (χ0) is 13.0. The lowest BCUT2D eigenvalue weighted by atomic mass is 9.97. The van der Waals surface area contributed by atoms with Crippen molar-refractivity contribution in [2.75, 3.05) is 18.1 Å². The van der Waals surface area contributed by atoms with Crippen LogP contribution < -0.4 is 11.5 Å². The Hall–Kier alpha value is -1.22. The molecular weight excluding hydrogens is 212 g/mol. The third-order valence-corrected chi connectivity index (χ3v) is 3.05. The molecule has 3 nitrogen and oxygen atoms in total. The zero-order valence-corrected chi connectivity index (χ0v) is 11.3. The molecule has 17 heavy (non-hydrogen) atoms. The maximum atomic E-state index is 5.95. The van der Waals surface area contributed by atoms with Gasteiger partial charge in [0.15, 0.2) is 0 Å². The van der Waals surface area contributed by atoms with Crippen LogP contribution in [0.4, 0.5) is 11.4 Å². The molecule has 1 heterocycles. The Labute approximate surface area is 104 Å². The third kappa shape index (κ3) is 3.63. The van der Waals surface area contributed by atoms with E-state index in [1.807, 2.05) is 6.92 Å². The molecule has 1 atom stereocenters. The Kier molecular flexibility index (Phi) is 4.82. The van der Waals surface area contributed by atoms with E-state index in [0.717, 1.165) is 36.4 Å². The van der Waals surface area contributed by atoms with Crippen LogP contribution in [0.25, 0.3) is 0 Å². The number of hydrogen-bond acceptors (Lipinski definition) is 3. The average Bonchev–Trinajstić information content (AvgIpc) is 3.09. The molecule has 0 aliphatic carbocycles. The fourth-order valence-electron chi connectivity index (χ4n) is 1.80. The zero-order valence-electron chi connectivity index (χ0n) is 11.3. The summed E-state index contributed by atoms with van der Waals surface area (Å²) in [5.41, 5.74) is 17.0. The molecule has 1 unspecified atom stereocenters. The maximum Gasteiger partial charge on any atom is 0.0781 e. The normalized spacial score (nSPS) is 17.3. The molecule has 1 saturated heterocycles. The number of epoxide rings is 1. The van der Waals surface area contributed by atoms with Gasteiger partial charge in [-0.25, -0.2) is 0 Å². The SMILES string of the molecule is CC1CO1.CCc1cc(C)c(N)c(N)c1CC. The minimum atomic E-state index is 0.583. The number of nitrogens with two attached hydrogens (primary N) is 2. The number of anilines is 2. The van der Waals surface area contributed by atoms with Crippen molar-refractivity contribution in [3.8, 4) is 0 Å². The van der Waals surface area contributed by atoms with Gasteiger partial charge in [0.05, 0.1) is 24.1 Å². The summed E-state index contributed by atoms with van der Waals surface area (Å²) in [6.45, 7) is 9.30. The Morgan fingerprint density at radius 2 is 1.76 bits per heavy atom. The molecule has 4 N–H and O–H groups in total. The Morgan fingerprint density at radius 3 is 2.12 bits per heavy atom. The van der Waals surface area contributed by atoms with Gasteiger partial charge in [0.25, 0.3) is 0 Å². The fourth-order valence-corrected chi connectivity index (χ4v) is 1.80. The summed E-state index contributed by atoms with van der Waals surface area (Å²) in [5, 5.41) is 0. The van der Waals surface area contributed by atoms with Crippen molar-refractivity contribution in [1.82, 2.24) is 0 Å². The molecule has 1 aliphatic heterocycles. The van der Waals surface area contributed by atoms with Crippen LogP contribution in [-0.4, -0.2) is 12.7 Å². The van der Waals surface area contributed by atoms with Crippen LogP contribution in [0.2, 0.25) is 0 Å². The second-order valence-electron chi connectivity index (χ2n) is 4.51. The smallest absolute Gasteiger partial charge is 0.0781 e. The van der Waals surface area contributed by atoms with Gasteiger partial charge < -0.3 is 16.2 Å². The molecule has 1 aliphatic rings. The van der Waals surface area contributed by atoms with E-state index in [4.69, 9.17) is 16.2 Å². The summed E-state index contributed by atoms with van der Waals surface area (Å²) in [6.07, 6.45) is 2.56. The highest BCUT2D eigenvalue weighted by atomic mass is 16.6. The molecule has 0 spiro atoms. The van der Waals surface area contributed by atoms with E-state index in [0.29, 0.717) is 6.10 Å². The topological polar surface area (TPSA) is 64.6 Å². The van der Waals surface area contributed by atoms with Gasteiger partial charge in [0.1, 0.15) is 0 Å². The van der Waals surface area contributed by atoms with Crippen molar-refractivity contribution in [3.05, 3.63) is 22.8 Å². The van der Waals surface area contributed by atoms with Crippen LogP contribution in [-0.2, 0) is 17.6 Å². The molecule has 1 aromatic carbocycles.